The van der Waals surface area contributed by atoms with Crippen molar-refractivity contribution in [1.82, 2.24) is 9.78 Å². The highest BCUT2D eigenvalue weighted by molar-refractivity contribution is 5.89. The maximum Gasteiger partial charge on any atom is 0.301 e. The number of aromatic nitrogens is 2. The molecule has 0 amide bonds. The number of nitrogens with one attached hydrogen (secondary N) is 1. The zero-order valence-corrected chi connectivity index (χ0v) is 16.5. The molecule has 0 atom stereocenters. The molecule has 0 bridgehead atoms. The van der Waals surface area contributed by atoms with E-state index in [4.69, 9.17) is 0 Å². The molecule has 0 saturated heterocycles. The molecule has 0 unspecified atom stereocenters. The van der Waals surface area contributed by atoms with Gasteiger partial charge in [0.1, 0.15) is 11.4 Å². The number of para-hydroxylation sites is 1. The molecule has 158 valence electrons. The minimum Gasteiger partial charge on any atom is -0.272 e. The lowest BCUT2D eigenvalue weighted by Gasteiger charge is -2.02. The van der Waals surface area contributed by atoms with E-state index in [-0.39, 0.29) is 11.4 Å². The monoisotopic (exact) mass is 428 g/mol. The fourth-order valence-electron chi connectivity index (χ4n) is 3.07. The van der Waals surface area contributed by atoms with Crippen LogP contribution >= 0.6 is 0 Å². The van der Waals surface area contributed by atoms with E-state index < -0.39 is 15.5 Å². The first kappa shape index (κ1) is 20.4. The topological polar surface area (TPSA) is 128 Å². The predicted octanol–water partition coefficient (Wildman–Crippen LogP) is 4.80. The number of non-ortho nitro benzene ring substituents is 1. The largest absolute Gasteiger partial charge is 0.301 e. The summed E-state index contributed by atoms with van der Waals surface area (Å²) in [5.41, 5.74) is 4.92. The molecular formula is C22H16N6O4. The van der Waals surface area contributed by atoms with Gasteiger partial charge in [0.25, 0.3) is 5.69 Å². The van der Waals surface area contributed by atoms with Crippen molar-refractivity contribution in [2.45, 2.75) is 0 Å². The average Bonchev–Trinajstić information content (AvgIpc) is 3.24. The lowest BCUT2D eigenvalue weighted by Crippen LogP contribution is -1.98. The number of benzene rings is 3. The van der Waals surface area contributed by atoms with Crippen LogP contribution in [-0.4, -0.2) is 25.8 Å². The Morgan fingerprint density at radius 1 is 0.906 bits per heavy atom. The smallest absolute Gasteiger partial charge is 0.272 e. The van der Waals surface area contributed by atoms with Gasteiger partial charge in [-0.1, -0.05) is 48.5 Å². The fraction of sp³-hybridized carbons (Fsp3) is 0. The van der Waals surface area contributed by atoms with Crippen molar-refractivity contribution in [3.05, 3.63) is 111 Å². The second kappa shape index (κ2) is 8.88. The molecule has 4 rings (SSSR count). The van der Waals surface area contributed by atoms with Crippen LogP contribution in [0.2, 0.25) is 0 Å². The molecule has 32 heavy (non-hydrogen) atoms. The van der Waals surface area contributed by atoms with Gasteiger partial charge in [-0.15, -0.1) is 0 Å². The molecule has 1 N–H and O–H groups in total. The van der Waals surface area contributed by atoms with Crippen LogP contribution in [0.5, 0.6) is 0 Å². The second-order valence-electron chi connectivity index (χ2n) is 6.66. The Morgan fingerprint density at radius 3 is 2.25 bits per heavy atom. The van der Waals surface area contributed by atoms with E-state index in [0.29, 0.717) is 11.3 Å². The number of nitro groups is 2. The molecule has 1 aromatic heterocycles. The van der Waals surface area contributed by atoms with E-state index >= 15 is 0 Å². The zero-order valence-electron chi connectivity index (χ0n) is 16.5. The molecule has 10 nitrogen and oxygen atoms in total. The third-order valence-electron chi connectivity index (χ3n) is 4.59. The van der Waals surface area contributed by atoms with Gasteiger partial charge < -0.3 is 0 Å². The van der Waals surface area contributed by atoms with Crippen LogP contribution in [0, 0.1) is 20.2 Å². The van der Waals surface area contributed by atoms with E-state index in [0.717, 1.165) is 17.3 Å². The van der Waals surface area contributed by atoms with Gasteiger partial charge in [0.15, 0.2) is 0 Å². The summed E-state index contributed by atoms with van der Waals surface area (Å²) in [6, 6.07) is 22.4. The molecule has 0 spiro atoms. The summed E-state index contributed by atoms with van der Waals surface area (Å²) < 4.78 is 1.72. The van der Waals surface area contributed by atoms with Gasteiger partial charge in [-0.05, 0) is 18.2 Å². The Kier molecular flexibility index (Phi) is 5.66. The molecule has 0 aliphatic rings. The van der Waals surface area contributed by atoms with Crippen molar-refractivity contribution in [3.63, 3.8) is 0 Å². The predicted molar refractivity (Wildman–Crippen MR) is 120 cm³/mol. The van der Waals surface area contributed by atoms with Gasteiger partial charge in [0, 0.05) is 23.4 Å². The zero-order chi connectivity index (χ0) is 22.5. The molecular weight excluding hydrogens is 412 g/mol. The van der Waals surface area contributed by atoms with Crippen LogP contribution in [0.15, 0.2) is 90.2 Å². The van der Waals surface area contributed by atoms with E-state index in [1.807, 2.05) is 60.7 Å². The number of nitro benzene ring substituents is 2. The van der Waals surface area contributed by atoms with Gasteiger partial charge in [-0.2, -0.15) is 10.2 Å². The van der Waals surface area contributed by atoms with Gasteiger partial charge in [0.05, 0.1) is 27.8 Å². The molecule has 10 heteroatoms. The normalized spacial score (nSPS) is 10.9. The van der Waals surface area contributed by atoms with Crippen molar-refractivity contribution in [1.29, 1.82) is 0 Å². The quantitative estimate of drug-likeness (QED) is 0.256. The molecule has 0 saturated carbocycles. The van der Waals surface area contributed by atoms with E-state index in [9.17, 15) is 20.2 Å². The number of hydrogen-bond donors (Lipinski definition) is 1. The first-order valence-electron chi connectivity index (χ1n) is 9.45. The summed E-state index contributed by atoms with van der Waals surface area (Å²) in [6.45, 7) is 0. The number of hydrazone groups is 1. The molecule has 1 heterocycles. The van der Waals surface area contributed by atoms with Crippen LogP contribution in [0.25, 0.3) is 16.9 Å². The maximum atomic E-state index is 11.3. The standard InChI is InChI=1S/C22H16N6O4/c29-27(30)19-11-12-20(21(13-19)28(31)32)24-23-14-17-15-26(18-9-5-2-6-10-18)25-22(17)16-7-3-1-4-8-16/h1-15,24H/b23-14-. The first-order valence-corrected chi connectivity index (χ1v) is 9.45. The van der Waals surface area contributed by atoms with Crippen LogP contribution < -0.4 is 5.43 Å². The highest BCUT2D eigenvalue weighted by Gasteiger charge is 2.19. The first-order chi connectivity index (χ1) is 15.5. The van der Waals surface area contributed by atoms with Crippen molar-refractivity contribution in [2.24, 2.45) is 5.10 Å². The summed E-state index contributed by atoms with van der Waals surface area (Å²) in [4.78, 5) is 20.8. The van der Waals surface area contributed by atoms with Crippen molar-refractivity contribution < 1.29 is 9.85 Å². The Labute approximate surface area is 181 Å². The second-order valence-corrected chi connectivity index (χ2v) is 6.66. The highest BCUT2D eigenvalue weighted by atomic mass is 16.6. The Bertz CT molecular complexity index is 1300. The third-order valence-corrected chi connectivity index (χ3v) is 4.59. The van der Waals surface area contributed by atoms with Gasteiger partial charge in [-0.25, -0.2) is 4.68 Å². The summed E-state index contributed by atoms with van der Waals surface area (Å²) >= 11 is 0. The molecule has 3 aromatic carbocycles. The summed E-state index contributed by atoms with van der Waals surface area (Å²) in [6.07, 6.45) is 3.30. The highest BCUT2D eigenvalue weighted by Crippen LogP contribution is 2.29. The number of anilines is 1. The Hall–Kier alpha value is -4.86. The van der Waals surface area contributed by atoms with Crippen LogP contribution in [0.1, 0.15) is 5.56 Å². The van der Waals surface area contributed by atoms with Gasteiger partial charge >= 0.3 is 5.69 Å². The van der Waals surface area contributed by atoms with Crippen molar-refractivity contribution in [2.75, 3.05) is 5.43 Å². The van der Waals surface area contributed by atoms with Crippen molar-refractivity contribution in [3.8, 4) is 16.9 Å². The number of rotatable bonds is 7. The van der Waals surface area contributed by atoms with Crippen LogP contribution in [-0.2, 0) is 0 Å². The van der Waals surface area contributed by atoms with Crippen molar-refractivity contribution >= 4 is 23.3 Å². The Balaban J connectivity index is 1.68. The fourth-order valence-corrected chi connectivity index (χ4v) is 3.07. The lowest BCUT2D eigenvalue weighted by atomic mass is 10.1. The number of hydrogen-bond acceptors (Lipinski definition) is 7. The molecule has 0 fully saturated rings. The lowest BCUT2D eigenvalue weighted by molar-refractivity contribution is -0.393. The minimum atomic E-state index is -0.701. The summed E-state index contributed by atoms with van der Waals surface area (Å²) in [5.74, 6) is 0. The van der Waals surface area contributed by atoms with E-state index in [1.165, 1.54) is 18.3 Å². The molecule has 0 aliphatic carbocycles. The summed E-state index contributed by atoms with van der Waals surface area (Å²) in [5, 5.41) is 31.0. The average molecular weight is 428 g/mol. The third kappa shape index (κ3) is 4.33. The summed E-state index contributed by atoms with van der Waals surface area (Å²) in [7, 11) is 0. The van der Waals surface area contributed by atoms with Gasteiger partial charge in [0.2, 0.25) is 0 Å². The number of nitrogens with zero attached hydrogens (tertiary/aromatic N) is 5. The minimum absolute atomic E-state index is 0.0357. The Morgan fingerprint density at radius 2 is 1.59 bits per heavy atom. The van der Waals surface area contributed by atoms with Crippen LogP contribution in [0.3, 0.4) is 0 Å². The molecule has 0 radical (unpaired) electrons. The van der Waals surface area contributed by atoms with Crippen LogP contribution in [0.4, 0.5) is 17.1 Å². The molecule has 4 aromatic rings. The van der Waals surface area contributed by atoms with Gasteiger partial charge in [-0.3, -0.25) is 25.7 Å². The van der Waals surface area contributed by atoms with E-state index in [2.05, 4.69) is 15.6 Å². The SMILES string of the molecule is O=[N+]([O-])c1ccc(N/N=C\c2cn(-c3ccccc3)nc2-c2ccccc2)c([N+](=O)[O-])c1. The molecule has 0 aliphatic heterocycles. The van der Waals surface area contributed by atoms with E-state index in [1.54, 1.807) is 10.9 Å². The maximum absolute atomic E-state index is 11.3.